The first-order valence-corrected chi connectivity index (χ1v) is 21.9. The Morgan fingerprint density at radius 1 is 0.522 bits per heavy atom. The van der Waals surface area contributed by atoms with Crippen molar-refractivity contribution in [3.05, 3.63) is 58.7 Å². The summed E-state index contributed by atoms with van der Waals surface area (Å²) in [4.78, 5) is 97.3. The summed E-state index contributed by atoms with van der Waals surface area (Å²) in [5.41, 5.74) is 2.11. The quantitative estimate of drug-likeness (QED) is 0.0335. The molecule has 0 spiro atoms. The summed E-state index contributed by atoms with van der Waals surface area (Å²) in [7, 11) is 0. The molecule has 0 fully saturated rings. The van der Waals surface area contributed by atoms with Crippen LogP contribution in [0.5, 0.6) is 11.5 Å². The van der Waals surface area contributed by atoms with E-state index in [2.05, 4.69) is 21.3 Å². The van der Waals surface area contributed by atoms with E-state index in [1.54, 1.807) is 24.3 Å². The maximum absolute atomic E-state index is 12.6. The van der Waals surface area contributed by atoms with E-state index in [9.17, 15) is 69.0 Å². The van der Waals surface area contributed by atoms with Gasteiger partial charge in [-0.15, -0.1) is 0 Å². The van der Waals surface area contributed by atoms with E-state index in [0.29, 0.717) is 67.3 Å². The molecule has 0 heterocycles. The smallest absolute Gasteiger partial charge is 0.326 e. The van der Waals surface area contributed by atoms with Gasteiger partial charge in [-0.05, 0) is 74.6 Å². The van der Waals surface area contributed by atoms with E-state index in [1.807, 2.05) is 0 Å². The first kappa shape index (κ1) is 56.6. The number of carbonyl (C=O) groups excluding carboxylic acids is 3. The summed E-state index contributed by atoms with van der Waals surface area (Å²) >= 11 is 0. The molecule has 0 radical (unpaired) electrons. The van der Waals surface area contributed by atoms with E-state index in [1.165, 1.54) is 21.9 Å². The van der Waals surface area contributed by atoms with Crippen LogP contribution in [0.3, 0.4) is 0 Å². The zero-order valence-electron chi connectivity index (χ0n) is 37.2. The largest absolute Gasteiger partial charge is 0.508 e. The molecule has 23 heteroatoms. The summed E-state index contributed by atoms with van der Waals surface area (Å²) in [6.07, 6.45) is 0.932. The van der Waals surface area contributed by atoms with Gasteiger partial charge in [-0.1, -0.05) is 30.7 Å². The highest BCUT2D eigenvalue weighted by molar-refractivity contribution is 5.86. The van der Waals surface area contributed by atoms with Gasteiger partial charge >= 0.3 is 35.9 Å². The molecule has 0 aromatic heterocycles. The molecule has 0 aliphatic rings. The van der Waals surface area contributed by atoms with Crippen molar-refractivity contribution in [3.8, 4) is 11.5 Å². The van der Waals surface area contributed by atoms with Crippen molar-refractivity contribution < 1.29 is 84.3 Å². The first-order valence-electron chi connectivity index (χ1n) is 21.9. The highest BCUT2D eigenvalue weighted by atomic mass is 16.5. The highest BCUT2D eigenvalue weighted by Gasteiger charge is 2.25. The maximum Gasteiger partial charge on any atom is 0.326 e. The number of carboxylic acid groups (broad SMARTS) is 5. The van der Waals surface area contributed by atoms with E-state index < -0.39 is 67.3 Å². The van der Waals surface area contributed by atoms with Crippen LogP contribution in [0.15, 0.2) is 36.4 Å². The number of aryl methyl sites for hydroxylation is 2. The third-order valence-corrected chi connectivity index (χ3v) is 10.4. The molecule has 13 N–H and O–H groups in total. The Bertz CT molecular complexity index is 1960. The average Bonchev–Trinajstić information content (AvgIpc) is 3.24. The molecule has 0 bridgehead atoms. The number of aliphatic carboxylic acids is 5. The van der Waals surface area contributed by atoms with Gasteiger partial charge in [0.05, 0.1) is 13.1 Å². The third-order valence-electron chi connectivity index (χ3n) is 10.4. The molecule has 0 aliphatic heterocycles. The highest BCUT2D eigenvalue weighted by Crippen LogP contribution is 2.23. The number of amides is 4. The zero-order valence-corrected chi connectivity index (χ0v) is 37.2. The lowest BCUT2D eigenvalue weighted by Gasteiger charge is -2.26. The molecular weight excluding hydrogens is 885 g/mol. The average molecular weight is 949 g/mol. The Morgan fingerprint density at radius 3 is 1.60 bits per heavy atom. The SMILES string of the molecule is O=C(O)CCc1ccc(CN(CCN(CC(=O)O)Cc2cc(CCC(=O)NCCCCCC(=O)NCCCCC(NC(=O)NC(CCC(O)O)C(=O)O)C(=O)O)ccc2O)CC(=O)O)c(O)c1. The number of unbranched alkanes of at least 4 members (excludes halogenated alkanes) is 3. The monoisotopic (exact) mass is 948 g/mol. The van der Waals surface area contributed by atoms with Crippen LogP contribution in [0.1, 0.15) is 92.9 Å². The van der Waals surface area contributed by atoms with Gasteiger partial charge in [-0.2, -0.15) is 0 Å². The number of nitrogens with one attached hydrogen (secondary N) is 4. The predicted octanol–water partition coefficient (Wildman–Crippen LogP) is 0.781. The molecule has 2 aromatic rings. The van der Waals surface area contributed by atoms with Crippen LogP contribution < -0.4 is 21.3 Å². The summed E-state index contributed by atoms with van der Waals surface area (Å²) in [5, 5.41) is 95.6. The number of hydrogen-bond acceptors (Lipinski definition) is 14. The topological polar surface area (TPSA) is 373 Å². The van der Waals surface area contributed by atoms with E-state index >= 15 is 0 Å². The van der Waals surface area contributed by atoms with Gasteiger partial charge in [0.1, 0.15) is 23.6 Å². The summed E-state index contributed by atoms with van der Waals surface area (Å²) < 4.78 is 0. The number of carbonyl (C=O) groups is 8. The molecule has 2 rings (SSSR count). The van der Waals surface area contributed by atoms with Crippen LogP contribution in [-0.2, 0) is 59.5 Å². The van der Waals surface area contributed by atoms with Gasteiger partial charge in [0.15, 0.2) is 6.29 Å². The van der Waals surface area contributed by atoms with Crippen LogP contribution in [0.25, 0.3) is 0 Å². The van der Waals surface area contributed by atoms with Crippen molar-refractivity contribution in [2.24, 2.45) is 0 Å². The van der Waals surface area contributed by atoms with Crippen molar-refractivity contribution in [2.45, 2.75) is 115 Å². The number of benzene rings is 2. The van der Waals surface area contributed by atoms with Crippen LogP contribution in [0, 0.1) is 0 Å². The van der Waals surface area contributed by atoms with Gasteiger partial charge < -0.3 is 67.2 Å². The number of urea groups is 1. The van der Waals surface area contributed by atoms with Crippen LogP contribution in [0.4, 0.5) is 4.79 Å². The standard InChI is InChI=1S/C44H64N6O17/c51-34-14-9-28(22-31(34)25-50(27-41(61)62)21-20-49(26-40(59)60)24-30-12-8-29(23-35(30)52)11-16-38(55)56)10-15-37(54)46-18-4-1-2-7-36(53)45-19-5-3-6-32(42(63)64)47-44(67)48-33(43(65)66)13-17-39(57)58/h8-9,12,14,22-23,32-33,39,51-52,57-58H,1-7,10-11,13,15-21,24-27H2,(H,45,53)(H,46,54)(H,55,56)(H,59,60)(H,61,62)(H,63,64)(H,65,66)(H2,47,48,67). The van der Waals surface area contributed by atoms with Gasteiger partial charge in [0.2, 0.25) is 11.8 Å². The second-order valence-electron chi connectivity index (χ2n) is 16.0. The fourth-order valence-electron chi connectivity index (χ4n) is 6.79. The minimum absolute atomic E-state index is 0.00536. The minimum Gasteiger partial charge on any atom is -0.508 e. The summed E-state index contributed by atoms with van der Waals surface area (Å²) in [6.45, 7) is -0.0328. The lowest BCUT2D eigenvalue weighted by atomic mass is 10.0. The van der Waals surface area contributed by atoms with Crippen molar-refractivity contribution in [1.29, 1.82) is 0 Å². The Labute approximate surface area is 386 Å². The molecule has 67 heavy (non-hydrogen) atoms. The number of phenolic OH excluding ortho intramolecular Hbond substituents is 2. The van der Waals surface area contributed by atoms with E-state index in [-0.39, 0.29) is 101 Å². The number of aliphatic hydroxyl groups is 2. The van der Waals surface area contributed by atoms with Gasteiger partial charge in [-0.25, -0.2) is 14.4 Å². The molecule has 23 nitrogen and oxygen atoms in total. The first-order chi connectivity index (χ1) is 31.7. The van der Waals surface area contributed by atoms with Gasteiger partial charge in [-0.3, -0.25) is 33.8 Å². The van der Waals surface area contributed by atoms with Crippen molar-refractivity contribution >= 4 is 47.7 Å². The van der Waals surface area contributed by atoms with E-state index in [0.717, 1.165) is 0 Å². The normalized spacial score (nSPS) is 12.1. The Kier molecular flexibility index (Phi) is 25.8. The molecule has 2 aromatic carbocycles. The number of phenols is 2. The Hall–Kier alpha value is -6.56. The second kappa shape index (κ2) is 30.6. The molecular formula is C44H64N6O17. The lowest BCUT2D eigenvalue weighted by molar-refractivity contribution is -0.140. The molecule has 2 unspecified atom stereocenters. The van der Waals surface area contributed by atoms with Crippen molar-refractivity contribution in [2.75, 3.05) is 39.3 Å². The molecule has 372 valence electrons. The maximum atomic E-state index is 12.6. The Balaban J connectivity index is 1.74. The molecule has 4 amide bonds. The molecule has 0 saturated heterocycles. The number of aliphatic hydroxyl groups excluding tert-OH is 1. The lowest BCUT2D eigenvalue weighted by Crippen LogP contribution is -2.51. The molecule has 2 atom stereocenters. The van der Waals surface area contributed by atoms with Crippen LogP contribution >= 0.6 is 0 Å². The van der Waals surface area contributed by atoms with Crippen LogP contribution in [0.2, 0.25) is 0 Å². The zero-order chi connectivity index (χ0) is 49.9. The fourth-order valence-corrected chi connectivity index (χ4v) is 6.79. The van der Waals surface area contributed by atoms with Gasteiger partial charge in [0, 0.05) is 76.1 Å². The third kappa shape index (κ3) is 25.1. The molecule has 0 saturated carbocycles. The number of aromatic hydroxyl groups is 2. The predicted molar refractivity (Wildman–Crippen MR) is 237 cm³/mol. The van der Waals surface area contributed by atoms with Crippen molar-refractivity contribution in [3.63, 3.8) is 0 Å². The number of carboxylic acids is 5. The summed E-state index contributed by atoms with van der Waals surface area (Å²) in [5.74, 6) is -6.69. The number of nitrogens with zero attached hydrogens (tertiary/aromatic N) is 2. The number of rotatable bonds is 35. The second-order valence-corrected chi connectivity index (χ2v) is 16.0. The fraction of sp³-hybridized carbons (Fsp3) is 0.545. The molecule has 0 aliphatic carbocycles. The minimum atomic E-state index is -1.77. The summed E-state index contributed by atoms with van der Waals surface area (Å²) in [6, 6.07) is 5.61. The van der Waals surface area contributed by atoms with Crippen molar-refractivity contribution in [1.82, 2.24) is 31.1 Å². The van der Waals surface area contributed by atoms with Gasteiger partial charge in [0.25, 0.3) is 0 Å². The van der Waals surface area contributed by atoms with Crippen LogP contribution in [-0.4, -0.2) is 161 Å². The number of hydrogen-bond donors (Lipinski definition) is 13. The van der Waals surface area contributed by atoms with E-state index in [4.69, 9.17) is 15.3 Å². The Morgan fingerprint density at radius 2 is 1.04 bits per heavy atom.